The normalized spacial score (nSPS) is 11.1. The quantitative estimate of drug-likeness (QED) is 0.245. The first kappa shape index (κ1) is 23.4. The number of hydrogen-bond donors (Lipinski definition) is 2. The van der Waals surface area contributed by atoms with Crippen molar-refractivity contribution in [3.05, 3.63) is 82.9 Å². The third kappa shape index (κ3) is 4.27. The standard InChI is InChI=1S/C26H21FN4O4S/c1-34-15-11-12-21(35-2)19(13-15)28-22(32)14-36-26-30-23-16-7-3-5-9-18(16)29-24(23)25(33)31(26)20-10-6-4-8-17(20)27/h3-13,29H,14H2,1-2H3,(H,28,32). The molecule has 36 heavy (non-hydrogen) atoms. The van der Waals surface area contributed by atoms with E-state index >= 15 is 0 Å². The minimum absolute atomic E-state index is 0.0490. The van der Waals surface area contributed by atoms with E-state index in [-0.39, 0.29) is 28.0 Å². The predicted molar refractivity (Wildman–Crippen MR) is 138 cm³/mol. The highest BCUT2D eigenvalue weighted by Crippen LogP contribution is 2.30. The van der Waals surface area contributed by atoms with Crippen LogP contribution >= 0.6 is 11.8 Å². The zero-order valence-corrected chi connectivity index (χ0v) is 20.2. The number of carbonyl (C=O) groups is 1. The first-order valence-corrected chi connectivity index (χ1v) is 11.9. The van der Waals surface area contributed by atoms with Crippen LogP contribution in [0.25, 0.3) is 27.6 Å². The number of methoxy groups -OCH3 is 2. The molecule has 0 fully saturated rings. The van der Waals surface area contributed by atoms with Gasteiger partial charge in [0.1, 0.15) is 28.3 Å². The molecule has 0 unspecified atom stereocenters. The minimum atomic E-state index is -0.579. The predicted octanol–water partition coefficient (Wildman–Crippen LogP) is 4.75. The van der Waals surface area contributed by atoms with Crippen molar-refractivity contribution in [3.8, 4) is 17.2 Å². The van der Waals surface area contributed by atoms with Crippen molar-refractivity contribution >= 4 is 45.3 Å². The smallest absolute Gasteiger partial charge is 0.283 e. The van der Waals surface area contributed by atoms with E-state index in [4.69, 9.17) is 9.47 Å². The second kappa shape index (κ2) is 9.74. The number of rotatable bonds is 7. The highest BCUT2D eigenvalue weighted by atomic mass is 32.2. The Labute approximate surface area is 209 Å². The maximum Gasteiger partial charge on any atom is 0.283 e. The van der Waals surface area contributed by atoms with Gasteiger partial charge in [0.25, 0.3) is 5.56 Å². The van der Waals surface area contributed by atoms with Gasteiger partial charge in [-0.25, -0.2) is 9.37 Å². The Kier molecular flexibility index (Phi) is 6.34. The van der Waals surface area contributed by atoms with Gasteiger partial charge in [-0.2, -0.15) is 0 Å². The Bertz CT molecular complexity index is 1660. The van der Waals surface area contributed by atoms with Gasteiger partial charge >= 0.3 is 0 Å². The summed E-state index contributed by atoms with van der Waals surface area (Å²) in [5.41, 5.74) is 1.48. The summed E-state index contributed by atoms with van der Waals surface area (Å²) in [7, 11) is 3.03. The first-order valence-electron chi connectivity index (χ1n) is 10.9. The van der Waals surface area contributed by atoms with Gasteiger partial charge < -0.3 is 19.8 Å². The summed E-state index contributed by atoms with van der Waals surface area (Å²) < 4.78 is 26.5. The van der Waals surface area contributed by atoms with Gasteiger partial charge in [-0.1, -0.05) is 42.1 Å². The minimum Gasteiger partial charge on any atom is -0.497 e. The molecule has 0 spiro atoms. The van der Waals surface area contributed by atoms with Crippen LogP contribution in [0.4, 0.5) is 10.1 Å². The summed E-state index contributed by atoms with van der Waals surface area (Å²) in [5, 5.41) is 3.74. The number of nitrogens with zero attached hydrogens (tertiary/aromatic N) is 2. The van der Waals surface area contributed by atoms with Crippen molar-refractivity contribution < 1.29 is 18.7 Å². The van der Waals surface area contributed by atoms with E-state index in [0.717, 1.165) is 22.7 Å². The van der Waals surface area contributed by atoms with Crippen molar-refractivity contribution in [3.63, 3.8) is 0 Å². The van der Waals surface area contributed by atoms with Crippen LogP contribution in [-0.2, 0) is 4.79 Å². The molecule has 2 N–H and O–H groups in total. The van der Waals surface area contributed by atoms with Crippen molar-refractivity contribution in [2.24, 2.45) is 0 Å². The van der Waals surface area contributed by atoms with Gasteiger partial charge in [0.15, 0.2) is 5.16 Å². The summed E-state index contributed by atoms with van der Waals surface area (Å²) in [6.07, 6.45) is 0. The number of ether oxygens (including phenoxy) is 2. The van der Waals surface area contributed by atoms with Gasteiger partial charge in [-0.05, 0) is 30.3 Å². The molecule has 0 saturated carbocycles. The molecule has 0 aliphatic rings. The molecule has 0 aliphatic heterocycles. The van der Waals surface area contributed by atoms with E-state index in [1.54, 1.807) is 30.3 Å². The third-order valence-electron chi connectivity index (χ3n) is 5.60. The first-order chi connectivity index (χ1) is 17.5. The number of fused-ring (bicyclic) bond motifs is 3. The lowest BCUT2D eigenvalue weighted by Crippen LogP contribution is -2.23. The summed E-state index contributed by atoms with van der Waals surface area (Å²) in [4.78, 5) is 34.2. The lowest BCUT2D eigenvalue weighted by molar-refractivity contribution is -0.113. The van der Waals surface area contributed by atoms with E-state index < -0.39 is 11.4 Å². The Morgan fingerprint density at radius 3 is 2.64 bits per heavy atom. The van der Waals surface area contributed by atoms with Crippen molar-refractivity contribution in [1.29, 1.82) is 0 Å². The Morgan fingerprint density at radius 1 is 1.08 bits per heavy atom. The van der Waals surface area contributed by atoms with Gasteiger partial charge in [0.2, 0.25) is 5.91 Å². The lowest BCUT2D eigenvalue weighted by Gasteiger charge is -2.14. The van der Waals surface area contributed by atoms with Crippen LogP contribution in [0.15, 0.2) is 76.7 Å². The highest BCUT2D eigenvalue weighted by Gasteiger charge is 2.20. The third-order valence-corrected chi connectivity index (χ3v) is 6.54. The number of carbonyl (C=O) groups excluding carboxylic acids is 1. The molecular weight excluding hydrogens is 483 g/mol. The lowest BCUT2D eigenvalue weighted by atomic mass is 10.2. The number of amides is 1. The van der Waals surface area contributed by atoms with E-state index in [1.807, 2.05) is 24.3 Å². The number of benzene rings is 3. The molecule has 10 heteroatoms. The Hall–Kier alpha value is -4.31. The monoisotopic (exact) mass is 504 g/mol. The molecule has 5 rings (SSSR count). The molecule has 0 radical (unpaired) electrons. The number of aromatic nitrogens is 3. The Balaban J connectivity index is 1.54. The molecule has 8 nitrogen and oxygen atoms in total. The molecule has 0 atom stereocenters. The summed E-state index contributed by atoms with van der Waals surface area (Å²) >= 11 is 1.03. The van der Waals surface area contributed by atoms with E-state index in [1.165, 1.54) is 30.9 Å². The van der Waals surface area contributed by atoms with Gasteiger partial charge in [0, 0.05) is 17.0 Å². The fourth-order valence-electron chi connectivity index (χ4n) is 3.91. The maximum absolute atomic E-state index is 14.8. The van der Waals surface area contributed by atoms with Gasteiger partial charge in [0.05, 0.1) is 31.3 Å². The van der Waals surface area contributed by atoms with E-state index in [9.17, 15) is 14.0 Å². The summed E-state index contributed by atoms with van der Waals surface area (Å²) in [5.74, 6) is -0.00619. The molecule has 2 heterocycles. The van der Waals surface area contributed by atoms with Gasteiger partial charge in [-0.15, -0.1) is 0 Å². The number of H-pyrrole nitrogens is 1. The molecule has 0 aliphatic carbocycles. The molecule has 5 aromatic rings. The fraction of sp³-hybridized carbons (Fsp3) is 0.115. The molecule has 0 bridgehead atoms. The number of anilines is 1. The number of thioether (sulfide) groups is 1. The van der Waals surface area contributed by atoms with Crippen molar-refractivity contribution in [2.45, 2.75) is 5.16 Å². The number of para-hydroxylation sites is 2. The van der Waals surface area contributed by atoms with Crippen LogP contribution in [0, 0.1) is 5.82 Å². The average Bonchev–Trinajstić information content (AvgIpc) is 3.27. The molecule has 182 valence electrons. The number of nitrogens with one attached hydrogen (secondary N) is 2. The topological polar surface area (TPSA) is 98.2 Å². The van der Waals surface area contributed by atoms with Crippen LogP contribution in [0.2, 0.25) is 0 Å². The Morgan fingerprint density at radius 2 is 1.86 bits per heavy atom. The highest BCUT2D eigenvalue weighted by molar-refractivity contribution is 7.99. The second-order valence-electron chi connectivity index (χ2n) is 7.78. The second-order valence-corrected chi connectivity index (χ2v) is 8.73. The maximum atomic E-state index is 14.8. The number of halogens is 1. The number of hydrogen-bond acceptors (Lipinski definition) is 6. The van der Waals surface area contributed by atoms with Gasteiger partial charge in [-0.3, -0.25) is 14.2 Å². The largest absolute Gasteiger partial charge is 0.497 e. The summed E-state index contributed by atoms with van der Waals surface area (Å²) in [6.45, 7) is 0. The molecule has 2 aromatic heterocycles. The SMILES string of the molecule is COc1ccc(OC)c(NC(=O)CSc2nc3c([nH]c4ccccc43)c(=O)n2-c2ccccc2F)c1. The summed E-state index contributed by atoms with van der Waals surface area (Å²) in [6, 6.07) is 18.4. The van der Waals surface area contributed by atoms with Crippen molar-refractivity contribution in [2.75, 3.05) is 25.3 Å². The fourth-order valence-corrected chi connectivity index (χ4v) is 4.71. The molecule has 3 aromatic carbocycles. The van der Waals surface area contributed by atoms with Crippen molar-refractivity contribution in [1.82, 2.24) is 14.5 Å². The van der Waals surface area contributed by atoms with Crippen LogP contribution in [-0.4, -0.2) is 40.4 Å². The van der Waals surface area contributed by atoms with Crippen LogP contribution < -0.4 is 20.3 Å². The van der Waals surface area contributed by atoms with Crippen LogP contribution in [0.1, 0.15) is 0 Å². The van der Waals surface area contributed by atoms with E-state index in [2.05, 4.69) is 15.3 Å². The zero-order valence-electron chi connectivity index (χ0n) is 19.4. The molecule has 1 amide bonds. The number of aromatic amines is 1. The average molecular weight is 505 g/mol. The van der Waals surface area contributed by atoms with E-state index in [0.29, 0.717) is 22.7 Å². The van der Waals surface area contributed by atoms with Crippen LogP contribution in [0.3, 0.4) is 0 Å². The zero-order chi connectivity index (χ0) is 25.2. The molecule has 0 saturated heterocycles. The van der Waals surface area contributed by atoms with Crippen LogP contribution in [0.5, 0.6) is 11.5 Å². The molecular formula is C26H21FN4O4S.